The molecule has 0 radical (unpaired) electrons. The van der Waals surface area contributed by atoms with Gasteiger partial charge in [0.15, 0.2) is 11.9 Å². The first-order valence-electron chi connectivity index (χ1n) is 8.86. The Kier molecular flexibility index (Phi) is 5.03. The fraction of sp³-hybridized carbons (Fsp3) is 0.222. The number of nitrogens with zero attached hydrogens (tertiary/aromatic N) is 6. The van der Waals surface area contributed by atoms with Crippen LogP contribution in [0.1, 0.15) is 23.2 Å². The standard InChI is InChI=1S/C18H13F6N7O/c1-30-15(16(32)28-9-2-3-26-11(6-9)17(19,20)21)13(18(22,23)24)14(29-30)10-7-25-8-12-27-4-5-31(10)12/h2-8,16,32H,1H3,(H,26,28). The van der Waals surface area contributed by atoms with Gasteiger partial charge in [0.25, 0.3) is 0 Å². The number of fused-ring (bicyclic) bond motifs is 1. The van der Waals surface area contributed by atoms with Crippen molar-refractivity contribution in [2.24, 2.45) is 7.05 Å². The molecule has 0 aliphatic heterocycles. The molecule has 0 spiro atoms. The van der Waals surface area contributed by atoms with Crippen LogP contribution >= 0.6 is 0 Å². The summed E-state index contributed by atoms with van der Waals surface area (Å²) in [5, 5.41) is 16.7. The second-order valence-corrected chi connectivity index (χ2v) is 6.65. The van der Waals surface area contributed by atoms with Gasteiger partial charge >= 0.3 is 12.4 Å². The SMILES string of the molecule is Cn1nc(-c2cncc3nccn23)c(C(F)(F)F)c1C(O)Nc1ccnc(C(F)(F)F)c1. The number of alkyl halides is 6. The highest BCUT2D eigenvalue weighted by atomic mass is 19.4. The molecule has 0 saturated carbocycles. The summed E-state index contributed by atoms with van der Waals surface area (Å²) in [6, 6.07) is 1.66. The minimum Gasteiger partial charge on any atom is -0.368 e. The third kappa shape index (κ3) is 3.84. The molecule has 0 bridgehead atoms. The lowest BCUT2D eigenvalue weighted by Crippen LogP contribution is -2.20. The van der Waals surface area contributed by atoms with Crippen LogP contribution in [0.2, 0.25) is 0 Å². The van der Waals surface area contributed by atoms with E-state index < -0.39 is 41.2 Å². The van der Waals surface area contributed by atoms with E-state index in [0.29, 0.717) is 6.07 Å². The van der Waals surface area contributed by atoms with Gasteiger partial charge in [-0.2, -0.15) is 31.4 Å². The average molecular weight is 457 g/mol. The van der Waals surface area contributed by atoms with E-state index in [9.17, 15) is 31.4 Å². The Hall–Kier alpha value is -3.68. The molecule has 0 aliphatic rings. The topological polar surface area (TPSA) is 93.2 Å². The van der Waals surface area contributed by atoms with Crippen LogP contribution < -0.4 is 5.32 Å². The molecule has 0 aliphatic carbocycles. The Balaban J connectivity index is 1.81. The zero-order valence-corrected chi connectivity index (χ0v) is 16.0. The van der Waals surface area contributed by atoms with Crippen molar-refractivity contribution in [1.29, 1.82) is 0 Å². The predicted molar refractivity (Wildman–Crippen MR) is 98.0 cm³/mol. The third-order valence-electron chi connectivity index (χ3n) is 4.55. The molecule has 8 nitrogen and oxygen atoms in total. The van der Waals surface area contributed by atoms with Crippen molar-refractivity contribution in [2.75, 3.05) is 5.32 Å². The molecule has 1 unspecified atom stereocenters. The lowest BCUT2D eigenvalue weighted by atomic mass is 10.1. The smallest absolute Gasteiger partial charge is 0.368 e. The third-order valence-corrected chi connectivity index (χ3v) is 4.55. The van der Waals surface area contributed by atoms with Crippen molar-refractivity contribution < 1.29 is 31.4 Å². The number of aromatic nitrogens is 6. The number of hydrogen-bond acceptors (Lipinski definition) is 6. The minimum atomic E-state index is -4.96. The van der Waals surface area contributed by atoms with E-state index in [0.717, 1.165) is 23.1 Å². The van der Waals surface area contributed by atoms with Gasteiger partial charge < -0.3 is 10.4 Å². The number of anilines is 1. The number of nitrogens with one attached hydrogen (secondary N) is 1. The fourth-order valence-electron chi connectivity index (χ4n) is 3.24. The van der Waals surface area contributed by atoms with Gasteiger partial charge in [-0.15, -0.1) is 0 Å². The first-order chi connectivity index (χ1) is 15.0. The Morgan fingerprint density at radius 2 is 1.78 bits per heavy atom. The van der Waals surface area contributed by atoms with E-state index in [4.69, 9.17) is 0 Å². The molecule has 168 valence electrons. The maximum absolute atomic E-state index is 14.1. The maximum Gasteiger partial charge on any atom is 0.433 e. The molecule has 0 saturated heterocycles. The van der Waals surface area contributed by atoms with E-state index in [1.54, 1.807) is 0 Å². The van der Waals surface area contributed by atoms with Crippen LogP contribution in [-0.2, 0) is 19.4 Å². The molecule has 32 heavy (non-hydrogen) atoms. The quantitative estimate of drug-likeness (QED) is 0.359. The van der Waals surface area contributed by atoms with Crippen LogP contribution in [0.4, 0.5) is 32.0 Å². The molecule has 4 aromatic heterocycles. The van der Waals surface area contributed by atoms with E-state index in [2.05, 4.69) is 25.4 Å². The second kappa shape index (κ2) is 7.47. The Labute approximate surface area is 175 Å². The van der Waals surface area contributed by atoms with E-state index in [1.165, 1.54) is 30.0 Å². The number of pyridine rings is 1. The molecular formula is C18H13F6N7O. The summed E-state index contributed by atoms with van der Waals surface area (Å²) in [7, 11) is 1.17. The lowest BCUT2D eigenvalue weighted by Gasteiger charge is -2.18. The summed E-state index contributed by atoms with van der Waals surface area (Å²) < 4.78 is 82.9. The second-order valence-electron chi connectivity index (χ2n) is 6.65. The zero-order valence-electron chi connectivity index (χ0n) is 16.0. The minimum absolute atomic E-state index is 0.0374. The summed E-state index contributed by atoms with van der Waals surface area (Å²) >= 11 is 0. The van der Waals surface area contributed by atoms with Crippen LogP contribution in [0.5, 0.6) is 0 Å². The molecule has 14 heteroatoms. The Morgan fingerprint density at radius 3 is 2.47 bits per heavy atom. The van der Waals surface area contributed by atoms with Crippen molar-refractivity contribution >= 4 is 11.3 Å². The van der Waals surface area contributed by atoms with Crippen molar-refractivity contribution in [1.82, 2.24) is 29.1 Å². The summed E-state index contributed by atoms with van der Waals surface area (Å²) in [6.45, 7) is 0. The molecule has 0 aromatic carbocycles. The fourth-order valence-corrected chi connectivity index (χ4v) is 3.24. The van der Waals surface area contributed by atoms with E-state index >= 15 is 0 Å². The van der Waals surface area contributed by atoms with Crippen LogP contribution in [0.25, 0.3) is 17.0 Å². The Morgan fingerprint density at radius 1 is 1.03 bits per heavy atom. The normalized spacial score (nSPS) is 13.5. The largest absolute Gasteiger partial charge is 0.433 e. The molecule has 2 N–H and O–H groups in total. The number of halogens is 6. The average Bonchev–Trinajstić information content (AvgIpc) is 3.31. The number of aliphatic hydroxyl groups is 1. The zero-order chi connectivity index (χ0) is 23.3. The van der Waals surface area contributed by atoms with Crippen LogP contribution in [-0.4, -0.2) is 34.2 Å². The Bertz CT molecular complexity index is 1280. The number of aliphatic hydroxyl groups excluding tert-OH is 1. The molecule has 4 heterocycles. The van der Waals surface area contributed by atoms with Gasteiger partial charge in [-0.1, -0.05) is 0 Å². The number of aryl methyl sites for hydroxylation is 1. The van der Waals surface area contributed by atoms with E-state index in [1.807, 2.05) is 0 Å². The molecule has 1 atom stereocenters. The summed E-state index contributed by atoms with van der Waals surface area (Å²) in [5.74, 6) is 0. The van der Waals surface area contributed by atoms with Crippen LogP contribution in [0, 0.1) is 0 Å². The number of imidazole rings is 1. The summed E-state index contributed by atoms with van der Waals surface area (Å²) in [5.41, 5.74) is -3.81. The lowest BCUT2D eigenvalue weighted by molar-refractivity contribution is -0.141. The highest BCUT2D eigenvalue weighted by Crippen LogP contribution is 2.41. The van der Waals surface area contributed by atoms with Crippen molar-refractivity contribution in [3.8, 4) is 11.4 Å². The highest BCUT2D eigenvalue weighted by molar-refractivity contribution is 5.64. The number of hydrogen-bond donors (Lipinski definition) is 2. The maximum atomic E-state index is 14.1. The van der Waals surface area contributed by atoms with E-state index in [-0.39, 0.29) is 17.0 Å². The van der Waals surface area contributed by atoms with Gasteiger partial charge in [-0.05, 0) is 12.1 Å². The first kappa shape index (κ1) is 21.5. The number of rotatable bonds is 4. The highest BCUT2D eigenvalue weighted by Gasteiger charge is 2.42. The summed E-state index contributed by atoms with van der Waals surface area (Å²) in [6.07, 6.45) is -5.65. The van der Waals surface area contributed by atoms with Crippen LogP contribution in [0.15, 0.2) is 43.1 Å². The van der Waals surface area contributed by atoms with Gasteiger partial charge in [-0.3, -0.25) is 19.1 Å². The van der Waals surface area contributed by atoms with Crippen molar-refractivity contribution in [3.63, 3.8) is 0 Å². The predicted octanol–water partition coefficient (Wildman–Crippen LogP) is 3.67. The monoisotopic (exact) mass is 457 g/mol. The van der Waals surface area contributed by atoms with Crippen molar-refractivity contribution in [2.45, 2.75) is 18.6 Å². The summed E-state index contributed by atoms with van der Waals surface area (Å²) in [4.78, 5) is 11.0. The molecule has 0 amide bonds. The van der Waals surface area contributed by atoms with Gasteiger partial charge in [0, 0.05) is 31.3 Å². The van der Waals surface area contributed by atoms with Crippen molar-refractivity contribution in [3.05, 3.63) is 60.1 Å². The van der Waals surface area contributed by atoms with Crippen LogP contribution in [0.3, 0.4) is 0 Å². The molecular weight excluding hydrogens is 444 g/mol. The molecule has 4 aromatic rings. The van der Waals surface area contributed by atoms with Gasteiger partial charge in [0.2, 0.25) is 0 Å². The van der Waals surface area contributed by atoms with Gasteiger partial charge in [-0.25, -0.2) is 4.98 Å². The van der Waals surface area contributed by atoms with Gasteiger partial charge in [0.05, 0.1) is 23.8 Å². The van der Waals surface area contributed by atoms with Gasteiger partial charge in [0.1, 0.15) is 17.0 Å². The first-order valence-corrected chi connectivity index (χ1v) is 8.86. The molecule has 4 rings (SSSR count). The molecule has 0 fully saturated rings.